The molecule has 1 atom stereocenters. The molecule has 0 nitrogen and oxygen atoms in total. The van der Waals surface area contributed by atoms with E-state index in [4.69, 9.17) is 23.2 Å². The monoisotopic (exact) mass is 378 g/mol. The van der Waals surface area contributed by atoms with Crippen LogP contribution >= 0.6 is 23.2 Å². The second-order valence-corrected chi connectivity index (χ2v) is 9.22. The number of hydrogen-bond acceptors (Lipinski definition) is 0. The zero-order valence-corrected chi connectivity index (χ0v) is 18.4. The Hall–Kier alpha value is 0.580. The van der Waals surface area contributed by atoms with Crippen molar-refractivity contribution in [3.8, 4) is 0 Å². The van der Waals surface area contributed by atoms with Gasteiger partial charge in [-0.05, 0) is 25.2 Å². The second-order valence-electron chi connectivity index (χ2n) is 7.67. The Kier molecular flexibility index (Phi) is 17.4. The highest BCUT2D eigenvalue weighted by atomic mass is 35.5. The summed E-state index contributed by atoms with van der Waals surface area (Å²) in [5.41, 5.74) is 0. The first-order valence-electron chi connectivity index (χ1n) is 11.0. The second kappa shape index (κ2) is 17.0. The van der Waals surface area contributed by atoms with Gasteiger partial charge in [-0.25, -0.2) is 0 Å². The van der Waals surface area contributed by atoms with Gasteiger partial charge >= 0.3 is 0 Å². The van der Waals surface area contributed by atoms with Gasteiger partial charge in [-0.15, -0.1) is 23.2 Å². The van der Waals surface area contributed by atoms with E-state index in [9.17, 15) is 0 Å². The molecule has 0 aromatic heterocycles. The summed E-state index contributed by atoms with van der Waals surface area (Å²) >= 11 is 13.6. The van der Waals surface area contributed by atoms with Crippen LogP contribution in [0.25, 0.3) is 0 Å². The molecule has 2 heteroatoms. The molecule has 0 amide bonds. The van der Waals surface area contributed by atoms with Gasteiger partial charge in [0.2, 0.25) is 0 Å². The van der Waals surface area contributed by atoms with Crippen LogP contribution in [-0.4, -0.2) is 4.33 Å². The average molecular weight is 380 g/mol. The predicted molar refractivity (Wildman–Crippen MR) is 113 cm³/mol. The Bertz CT molecular complexity index is 250. The lowest BCUT2D eigenvalue weighted by atomic mass is 9.88. The van der Waals surface area contributed by atoms with Crippen molar-refractivity contribution in [1.29, 1.82) is 0 Å². The molecule has 0 rings (SSSR count). The van der Waals surface area contributed by atoms with Gasteiger partial charge in [0.1, 0.15) is 4.33 Å². The van der Waals surface area contributed by atoms with Gasteiger partial charge in [0.15, 0.2) is 0 Å². The van der Waals surface area contributed by atoms with Gasteiger partial charge in [0.05, 0.1) is 0 Å². The molecule has 0 aliphatic carbocycles. The predicted octanol–water partition coefficient (Wildman–Crippen LogP) is 9.47. The molecule has 1 unspecified atom stereocenters. The molecule has 0 N–H and O–H groups in total. The number of rotatable bonds is 18. The fourth-order valence-corrected chi connectivity index (χ4v) is 4.25. The van der Waals surface area contributed by atoms with Crippen molar-refractivity contribution in [3.05, 3.63) is 0 Å². The van der Waals surface area contributed by atoms with E-state index in [-0.39, 0.29) is 0 Å². The summed E-state index contributed by atoms with van der Waals surface area (Å²) in [6, 6.07) is 0. The fraction of sp³-hybridized carbons (Fsp3) is 1.00. The van der Waals surface area contributed by atoms with Crippen LogP contribution < -0.4 is 0 Å². The lowest BCUT2D eigenvalue weighted by Crippen LogP contribution is -2.26. The quantitative estimate of drug-likeness (QED) is 0.164. The maximum Gasteiger partial charge on any atom is 0.121 e. The lowest BCUT2D eigenvalue weighted by molar-refractivity contribution is 0.348. The van der Waals surface area contributed by atoms with E-state index < -0.39 is 4.33 Å². The number of unbranched alkanes of at least 4 members (excludes halogenated alkanes) is 11. The van der Waals surface area contributed by atoms with Gasteiger partial charge < -0.3 is 0 Å². The largest absolute Gasteiger partial charge is 0.121 e. The van der Waals surface area contributed by atoms with Crippen molar-refractivity contribution >= 4 is 23.2 Å². The van der Waals surface area contributed by atoms with Gasteiger partial charge in [-0.2, -0.15) is 0 Å². The number of hydrogen-bond donors (Lipinski definition) is 0. The number of halogens is 2. The highest BCUT2D eigenvalue weighted by Crippen LogP contribution is 2.41. The first-order valence-corrected chi connectivity index (χ1v) is 11.7. The molecular formula is C22H44Cl2. The summed E-state index contributed by atoms with van der Waals surface area (Å²) < 4.78 is -0.497. The summed E-state index contributed by atoms with van der Waals surface area (Å²) in [5.74, 6) is 0.491. The Balaban J connectivity index is 4.21. The van der Waals surface area contributed by atoms with Gasteiger partial charge in [0, 0.05) is 0 Å². The van der Waals surface area contributed by atoms with Crippen molar-refractivity contribution < 1.29 is 0 Å². The van der Waals surface area contributed by atoms with Crippen LogP contribution in [0.1, 0.15) is 130 Å². The summed E-state index contributed by atoms with van der Waals surface area (Å²) in [7, 11) is 0. The summed E-state index contributed by atoms with van der Waals surface area (Å²) in [4.78, 5) is 0. The molecule has 0 aliphatic heterocycles. The summed E-state index contributed by atoms with van der Waals surface area (Å²) in [6.07, 6.45) is 21.9. The SMILES string of the molecule is CCCCCCCCC(CCCCCC)C(Cl)(Cl)CCCCCC. The molecule has 0 radical (unpaired) electrons. The topological polar surface area (TPSA) is 0 Å². The van der Waals surface area contributed by atoms with E-state index in [1.54, 1.807) is 0 Å². The summed E-state index contributed by atoms with van der Waals surface area (Å²) in [6.45, 7) is 6.80. The van der Waals surface area contributed by atoms with E-state index >= 15 is 0 Å². The zero-order chi connectivity index (χ0) is 18.1. The minimum absolute atomic E-state index is 0.491. The third kappa shape index (κ3) is 13.8. The van der Waals surface area contributed by atoms with Gasteiger partial charge in [-0.3, -0.25) is 0 Å². The van der Waals surface area contributed by atoms with E-state index in [1.807, 2.05) is 0 Å². The molecule has 0 aliphatic rings. The van der Waals surface area contributed by atoms with Gasteiger partial charge in [0.25, 0.3) is 0 Å². The highest BCUT2D eigenvalue weighted by Gasteiger charge is 2.33. The van der Waals surface area contributed by atoms with E-state index in [2.05, 4.69) is 20.8 Å². The molecule has 0 fully saturated rings. The molecular weight excluding hydrogens is 335 g/mol. The fourth-order valence-electron chi connectivity index (χ4n) is 3.55. The van der Waals surface area contributed by atoms with Crippen molar-refractivity contribution in [1.82, 2.24) is 0 Å². The van der Waals surface area contributed by atoms with Crippen LogP contribution in [0.2, 0.25) is 0 Å². The molecule has 0 aromatic rings. The van der Waals surface area contributed by atoms with E-state index in [0.717, 1.165) is 6.42 Å². The van der Waals surface area contributed by atoms with Crippen molar-refractivity contribution in [2.45, 2.75) is 134 Å². The zero-order valence-electron chi connectivity index (χ0n) is 16.9. The van der Waals surface area contributed by atoms with E-state index in [0.29, 0.717) is 5.92 Å². The Labute approximate surface area is 163 Å². The van der Waals surface area contributed by atoms with E-state index in [1.165, 1.54) is 103 Å². The van der Waals surface area contributed by atoms with Crippen molar-refractivity contribution in [3.63, 3.8) is 0 Å². The van der Waals surface area contributed by atoms with Crippen LogP contribution in [0.5, 0.6) is 0 Å². The molecule has 0 saturated heterocycles. The van der Waals surface area contributed by atoms with Crippen molar-refractivity contribution in [2.75, 3.05) is 0 Å². The lowest BCUT2D eigenvalue weighted by Gasteiger charge is -2.30. The Morgan fingerprint density at radius 1 is 0.542 bits per heavy atom. The van der Waals surface area contributed by atoms with Crippen LogP contribution in [-0.2, 0) is 0 Å². The van der Waals surface area contributed by atoms with Gasteiger partial charge in [-0.1, -0.05) is 111 Å². The average Bonchev–Trinajstić information content (AvgIpc) is 2.56. The first-order chi connectivity index (χ1) is 11.6. The van der Waals surface area contributed by atoms with Crippen LogP contribution in [0.4, 0.5) is 0 Å². The first kappa shape index (κ1) is 24.6. The third-order valence-corrected chi connectivity index (χ3v) is 6.27. The molecule has 0 spiro atoms. The maximum atomic E-state index is 6.82. The molecule has 0 aromatic carbocycles. The number of alkyl halides is 2. The molecule has 0 heterocycles. The third-order valence-electron chi connectivity index (χ3n) is 5.27. The Morgan fingerprint density at radius 2 is 0.917 bits per heavy atom. The van der Waals surface area contributed by atoms with Crippen molar-refractivity contribution in [2.24, 2.45) is 5.92 Å². The van der Waals surface area contributed by atoms with Crippen LogP contribution in [0.3, 0.4) is 0 Å². The molecule has 0 bridgehead atoms. The maximum absolute atomic E-state index is 6.82. The Morgan fingerprint density at radius 3 is 1.42 bits per heavy atom. The smallest absolute Gasteiger partial charge is 0.101 e. The minimum atomic E-state index is -0.497. The summed E-state index contributed by atoms with van der Waals surface area (Å²) in [5, 5.41) is 0. The highest BCUT2D eigenvalue weighted by molar-refractivity contribution is 6.48. The van der Waals surface area contributed by atoms with Crippen LogP contribution in [0, 0.1) is 5.92 Å². The molecule has 24 heavy (non-hydrogen) atoms. The molecule has 146 valence electrons. The minimum Gasteiger partial charge on any atom is -0.101 e. The molecule has 0 saturated carbocycles. The normalized spacial score (nSPS) is 13.4. The standard InChI is InChI=1S/C22H44Cl2/c1-4-7-10-13-14-16-19-21(18-15-11-8-5-2)22(23,24)20-17-12-9-6-3/h21H,4-20H2,1-3H3. The van der Waals surface area contributed by atoms with Crippen LogP contribution in [0.15, 0.2) is 0 Å².